The third-order valence-electron chi connectivity index (χ3n) is 3.68. The van der Waals surface area contributed by atoms with E-state index in [1.807, 2.05) is 0 Å². The molecule has 1 aliphatic heterocycles. The molecule has 0 radical (unpaired) electrons. The van der Waals surface area contributed by atoms with Crippen molar-refractivity contribution in [3.8, 4) is 6.07 Å². The van der Waals surface area contributed by atoms with E-state index in [-0.39, 0.29) is 0 Å². The van der Waals surface area contributed by atoms with Crippen LogP contribution in [0.3, 0.4) is 0 Å². The fourth-order valence-electron chi connectivity index (χ4n) is 2.26. The minimum absolute atomic E-state index is 0.680. The standard InChI is InChI=1S/C13H26N4/c1-13(15,11-14)6-9-17(3)10-12-4-7-16(2)8-5-12/h12H,4-10,15H2,1-3H3. The fourth-order valence-corrected chi connectivity index (χ4v) is 2.26. The second-order valence-corrected chi connectivity index (χ2v) is 5.79. The zero-order valence-electron chi connectivity index (χ0n) is 11.4. The topological polar surface area (TPSA) is 56.3 Å². The van der Waals surface area contributed by atoms with Crippen LogP contribution >= 0.6 is 0 Å². The molecule has 0 bridgehead atoms. The Labute approximate surface area is 105 Å². The van der Waals surface area contributed by atoms with Gasteiger partial charge in [-0.1, -0.05) is 0 Å². The van der Waals surface area contributed by atoms with Gasteiger partial charge in [-0.15, -0.1) is 0 Å². The zero-order valence-corrected chi connectivity index (χ0v) is 11.4. The smallest absolute Gasteiger partial charge is 0.102 e. The second-order valence-electron chi connectivity index (χ2n) is 5.79. The van der Waals surface area contributed by atoms with Gasteiger partial charge in [0.2, 0.25) is 0 Å². The number of nitriles is 1. The van der Waals surface area contributed by atoms with E-state index < -0.39 is 5.54 Å². The van der Waals surface area contributed by atoms with Crippen LogP contribution in [0.15, 0.2) is 0 Å². The molecule has 1 rings (SSSR count). The number of nitrogens with two attached hydrogens (primary N) is 1. The first kappa shape index (κ1) is 14.4. The van der Waals surface area contributed by atoms with E-state index in [1.165, 1.54) is 25.9 Å². The van der Waals surface area contributed by atoms with E-state index in [1.54, 1.807) is 6.92 Å². The Balaban J connectivity index is 2.21. The van der Waals surface area contributed by atoms with E-state index in [4.69, 9.17) is 11.0 Å². The molecule has 0 aliphatic carbocycles. The van der Waals surface area contributed by atoms with Gasteiger partial charge in [0.05, 0.1) is 6.07 Å². The SMILES string of the molecule is CN1CCC(CN(C)CCC(C)(N)C#N)CC1. The summed E-state index contributed by atoms with van der Waals surface area (Å²) in [6.07, 6.45) is 3.32. The molecule has 0 aromatic rings. The summed E-state index contributed by atoms with van der Waals surface area (Å²) in [6.45, 7) is 6.27. The normalized spacial score (nSPS) is 22.4. The summed E-state index contributed by atoms with van der Waals surface area (Å²) in [6, 6.07) is 2.15. The van der Waals surface area contributed by atoms with Crippen LogP contribution in [0, 0.1) is 17.2 Å². The molecule has 0 aromatic heterocycles. The van der Waals surface area contributed by atoms with Crippen molar-refractivity contribution in [3.63, 3.8) is 0 Å². The lowest BCUT2D eigenvalue weighted by Gasteiger charge is -2.32. The monoisotopic (exact) mass is 238 g/mol. The molecule has 0 saturated carbocycles. The Morgan fingerprint density at radius 3 is 2.59 bits per heavy atom. The molecule has 1 unspecified atom stereocenters. The minimum Gasteiger partial charge on any atom is -0.314 e. The summed E-state index contributed by atoms with van der Waals surface area (Å²) >= 11 is 0. The van der Waals surface area contributed by atoms with Crippen molar-refractivity contribution in [2.24, 2.45) is 11.7 Å². The lowest BCUT2D eigenvalue weighted by molar-refractivity contribution is 0.173. The van der Waals surface area contributed by atoms with Gasteiger partial charge in [0.15, 0.2) is 0 Å². The maximum absolute atomic E-state index is 8.86. The van der Waals surface area contributed by atoms with Crippen LogP contribution in [-0.2, 0) is 0 Å². The van der Waals surface area contributed by atoms with Crippen molar-refractivity contribution in [3.05, 3.63) is 0 Å². The van der Waals surface area contributed by atoms with Gasteiger partial charge in [-0.05, 0) is 59.3 Å². The molecule has 4 nitrogen and oxygen atoms in total. The van der Waals surface area contributed by atoms with Crippen molar-refractivity contribution >= 4 is 0 Å². The molecular weight excluding hydrogens is 212 g/mol. The molecule has 0 aromatic carbocycles. The van der Waals surface area contributed by atoms with E-state index in [0.29, 0.717) is 0 Å². The number of hydrogen-bond acceptors (Lipinski definition) is 4. The summed E-state index contributed by atoms with van der Waals surface area (Å²) in [5.74, 6) is 0.808. The first-order chi connectivity index (χ1) is 7.93. The Kier molecular flexibility index (Phi) is 5.38. The zero-order chi connectivity index (χ0) is 12.9. The molecule has 4 heteroatoms. The average molecular weight is 238 g/mol. The molecule has 0 spiro atoms. The van der Waals surface area contributed by atoms with Crippen molar-refractivity contribution in [2.75, 3.05) is 40.3 Å². The van der Waals surface area contributed by atoms with E-state index in [9.17, 15) is 0 Å². The van der Waals surface area contributed by atoms with Gasteiger partial charge in [0.25, 0.3) is 0 Å². The van der Waals surface area contributed by atoms with Crippen molar-refractivity contribution in [2.45, 2.75) is 31.7 Å². The van der Waals surface area contributed by atoms with Crippen LogP contribution in [0.1, 0.15) is 26.2 Å². The summed E-state index contributed by atoms with van der Waals surface area (Å²) in [5, 5.41) is 8.86. The largest absolute Gasteiger partial charge is 0.314 e. The Hall–Kier alpha value is -0.630. The molecule has 1 heterocycles. The molecular formula is C13H26N4. The van der Waals surface area contributed by atoms with Gasteiger partial charge in [-0.2, -0.15) is 5.26 Å². The molecule has 2 N–H and O–H groups in total. The summed E-state index contributed by atoms with van der Waals surface area (Å²) in [5.41, 5.74) is 5.14. The maximum Gasteiger partial charge on any atom is 0.102 e. The quantitative estimate of drug-likeness (QED) is 0.773. The number of piperidine rings is 1. The number of likely N-dealkylation sites (tertiary alicyclic amines) is 1. The predicted molar refractivity (Wildman–Crippen MR) is 70.5 cm³/mol. The minimum atomic E-state index is -0.680. The molecule has 17 heavy (non-hydrogen) atoms. The van der Waals surface area contributed by atoms with Gasteiger partial charge in [-0.25, -0.2) is 0 Å². The Morgan fingerprint density at radius 2 is 2.06 bits per heavy atom. The Bertz CT molecular complexity index is 261. The highest BCUT2D eigenvalue weighted by Crippen LogP contribution is 2.17. The predicted octanol–water partition coefficient (Wildman–Crippen LogP) is 0.891. The summed E-state index contributed by atoms with van der Waals surface area (Å²) in [4.78, 5) is 4.71. The summed E-state index contributed by atoms with van der Waals surface area (Å²) < 4.78 is 0. The molecule has 1 fully saturated rings. The van der Waals surface area contributed by atoms with Gasteiger partial charge >= 0.3 is 0 Å². The van der Waals surface area contributed by atoms with Gasteiger partial charge in [-0.3, -0.25) is 0 Å². The van der Waals surface area contributed by atoms with Crippen molar-refractivity contribution < 1.29 is 0 Å². The van der Waals surface area contributed by atoms with Gasteiger partial charge < -0.3 is 15.5 Å². The highest BCUT2D eigenvalue weighted by Gasteiger charge is 2.21. The second kappa shape index (κ2) is 6.34. The Morgan fingerprint density at radius 1 is 1.47 bits per heavy atom. The number of rotatable bonds is 5. The molecule has 0 amide bonds. The van der Waals surface area contributed by atoms with Crippen LogP contribution in [0.2, 0.25) is 0 Å². The van der Waals surface area contributed by atoms with E-state index >= 15 is 0 Å². The van der Waals surface area contributed by atoms with Crippen LogP contribution in [0.5, 0.6) is 0 Å². The highest BCUT2D eigenvalue weighted by atomic mass is 15.1. The van der Waals surface area contributed by atoms with Crippen molar-refractivity contribution in [1.29, 1.82) is 5.26 Å². The van der Waals surface area contributed by atoms with Crippen LogP contribution < -0.4 is 5.73 Å². The number of hydrogen-bond donors (Lipinski definition) is 1. The maximum atomic E-state index is 8.86. The lowest BCUT2D eigenvalue weighted by atomic mass is 9.96. The third kappa shape index (κ3) is 5.49. The third-order valence-corrected chi connectivity index (χ3v) is 3.68. The molecule has 98 valence electrons. The van der Waals surface area contributed by atoms with Crippen LogP contribution in [0.4, 0.5) is 0 Å². The van der Waals surface area contributed by atoms with Gasteiger partial charge in [0.1, 0.15) is 5.54 Å². The summed E-state index contributed by atoms with van der Waals surface area (Å²) in [7, 11) is 4.32. The lowest BCUT2D eigenvalue weighted by Crippen LogP contribution is -2.40. The molecule has 1 aliphatic rings. The van der Waals surface area contributed by atoms with Crippen molar-refractivity contribution in [1.82, 2.24) is 9.80 Å². The molecule has 1 saturated heterocycles. The molecule has 1 atom stereocenters. The fraction of sp³-hybridized carbons (Fsp3) is 0.923. The first-order valence-electron chi connectivity index (χ1n) is 6.50. The van der Waals surface area contributed by atoms with E-state index in [2.05, 4.69) is 30.0 Å². The first-order valence-corrected chi connectivity index (χ1v) is 6.50. The van der Waals surface area contributed by atoms with Gasteiger partial charge in [0, 0.05) is 13.1 Å². The highest BCUT2D eigenvalue weighted by molar-refractivity contribution is 5.01. The van der Waals surface area contributed by atoms with Crippen LogP contribution in [0.25, 0.3) is 0 Å². The van der Waals surface area contributed by atoms with Crippen LogP contribution in [-0.4, -0.2) is 55.6 Å². The number of nitrogens with zero attached hydrogens (tertiary/aromatic N) is 3. The average Bonchev–Trinajstić information content (AvgIpc) is 2.30. The van der Waals surface area contributed by atoms with E-state index in [0.717, 1.165) is 25.4 Å².